The lowest BCUT2D eigenvalue weighted by atomic mass is 10.1. The summed E-state index contributed by atoms with van der Waals surface area (Å²) in [5, 5.41) is 9.68. The second kappa shape index (κ2) is 17.0. The maximum Gasteiger partial charge on any atom is 0.407 e. The molecule has 1 atom stereocenters. The maximum absolute atomic E-state index is 11.9. The first-order valence-corrected chi connectivity index (χ1v) is 10.7. The summed E-state index contributed by atoms with van der Waals surface area (Å²) in [7, 11) is 3.94. The van der Waals surface area contributed by atoms with Gasteiger partial charge in [-0.05, 0) is 67.5 Å². The van der Waals surface area contributed by atoms with Crippen molar-refractivity contribution in [3.8, 4) is 0 Å². The number of guanidine groups is 1. The van der Waals surface area contributed by atoms with E-state index in [0.29, 0.717) is 12.6 Å². The number of rotatable bonds is 12. The molecule has 0 aliphatic carbocycles. The van der Waals surface area contributed by atoms with Crippen molar-refractivity contribution in [3.05, 3.63) is 0 Å². The van der Waals surface area contributed by atoms with E-state index in [1.807, 2.05) is 20.8 Å². The third-order valence-corrected chi connectivity index (χ3v) is 4.47. The van der Waals surface area contributed by atoms with Crippen molar-refractivity contribution in [2.75, 3.05) is 33.7 Å². The number of carbonyl (C=O) groups is 1. The summed E-state index contributed by atoms with van der Waals surface area (Å²) >= 11 is 0. The van der Waals surface area contributed by atoms with Crippen molar-refractivity contribution < 1.29 is 9.53 Å². The highest BCUT2D eigenvalue weighted by Crippen LogP contribution is 2.07. The minimum atomic E-state index is -0.488. The number of ether oxygens (including phenoxy) is 1. The van der Waals surface area contributed by atoms with Gasteiger partial charge in [0, 0.05) is 32.2 Å². The smallest absolute Gasteiger partial charge is 0.407 e. The van der Waals surface area contributed by atoms with E-state index >= 15 is 0 Å². The first-order valence-electron chi connectivity index (χ1n) is 10.7. The molecular weight excluding hydrogens is 481 g/mol. The number of hydrogen-bond donors (Lipinski definition) is 3. The van der Waals surface area contributed by atoms with E-state index in [4.69, 9.17) is 4.74 Å². The molecule has 0 heterocycles. The number of carbonyl (C=O) groups excluding carboxylic acids is 1. The second-order valence-electron chi connectivity index (χ2n) is 8.65. The number of alkyl carbamates (subject to hydrolysis) is 1. The molecule has 0 saturated heterocycles. The van der Waals surface area contributed by atoms with Crippen LogP contribution in [0.2, 0.25) is 0 Å². The summed E-state index contributed by atoms with van der Waals surface area (Å²) in [5.41, 5.74) is -0.488. The van der Waals surface area contributed by atoms with Crippen molar-refractivity contribution in [3.63, 3.8) is 0 Å². The Bertz CT molecular complexity index is 453. The fraction of sp³-hybridized carbons (Fsp3) is 0.905. The van der Waals surface area contributed by atoms with Gasteiger partial charge in [0.05, 0.1) is 0 Å². The monoisotopic (exact) mass is 527 g/mol. The normalized spacial score (nSPS) is 13.1. The minimum Gasteiger partial charge on any atom is -0.444 e. The average Bonchev–Trinajstić information content (AvgIpc) is 2.60. The largest absolute Gasteiger partial charge is 0.444 e. The molecular formula is C21H46IN5O2. The minimum absolute atomic E-state index is 0. The number of nitrogens with one attached hydrogen (secondary N) is 3. The van der Waals surface area contributed by atoms with E-state index in [1.165, 1.54) is 0 Å². The molecule has 1 amide bonds. The molecule has 0 aromatic rings. The fourth-order valence-corrected chi connectivity index (χ4v) is 2.54. The Morgan fingerprint density at radius 1 is 1.14 bits per heavy atom. The van der Waals surface area contributed by atoms with Crippen molar-refractivity contribution >= 4 is 36.0 Å². The van der Waals surface area contributed by atoms with Crippen LogP contribution in [0.1, 0.15) is 73.6 Å². The van der Waals surface area contributed by atoms with Gasteiger partial charge in [-0.25, -0.2) is 4.79 Å². The Labute approximate surface area is 196 Å². The van der Waals surface area contributed by atoms with Crippen LogP contribution < -0.4 is 16.0 Å². The van der Waals surface area contributed by atoms with Gasteiger partial charge in [-0.3, -0.25) is 4.99 Å². The van der Waals surface area contributed by atoms with E-state index in [1.54, 1.807) is 7.05 Å². The molecule has 29 heavy (non-hydrogen) atoms. The molecule has 0 spiro atoms. The molecule has 7 nitrogen and oxygen atoms in total. The van der Waals surface area contributed by atoms with Crippen LogP contribution in [0.25, 0.3) is 0 Å². The van der Waals surface area contributed by atoms with Gasteiger partial charge < -0.3 is 25.6 Å². The zero-order valence-corrected chi connectivity index (χ0v) is 22.3. The Morgan fingerprint density at radius 3 is 2.31 bits per heavy atom. The molecule has 0 aliphatic rings. The number of amides is 1. The third-order valence-electron chi connectivity index (χ3n) is 4.47. The van der Waals surface area contributed by atoms with Crippen LogP contribution in [0.3, 0.4) is 0 Å². The van der Waals surface area contributed by atoms with E-state index in [2.05, 4.69) is 53.7 Å². The topological polar surface area (TPSA) is 78.0 Å². The van der Waals surface area contributed by atoms with E-state index in [9.17, 15) is 4.79 Å². The Hall–Kier alpha value is -0.770. The predicted molar refractivity (Wildman–Crippen MR) is 134 cm³/mol. The van der Waals surface area contributed by atoms with Crippen molar-refractivity contribution in [1.82, 2.24) is 20.9 Å². The lowest BCUT2D eigenvalue weighted by Gasteiger charge is -2.24. The standard InChI is InChI=1S/C21H45N5O2.HI/c1-9-10-13-18(16-24-20(27)28-21(4,5)6)25-19(22-7)23-14-11-12-15-26(8)17(2)3;/h17-18H,9-16H2,1-8H3,(H,24,27)(H2,22,23,25);1H. The molecule has 0 aliphatic heterocycles. The van der Waals surface area contributed by atoms with Crippen LogP contribution in [0.15, 0.2) is 4.99 Å². The lowest BCUT2D eigenvalue weighted by Crippen LogP contribution is -2.49. The number of unbranched alkanes of at least 4 members (excludes halogenated alkanes) is 2. The summed E-state index contributed by atoms with van der Waals surface area (Å²) in [5.74, 6) is 0.782. The highest BCUT2D eigenvalue weighted by atomic mass is 127. The third kappa shape index (κ3) is 17.8. The van der Waals surface area contributed by atoms with Crippen LogP contribution in [-0.4, -0.2) is 68.4 Å². The summed E-state index contributed by atoms with van der Waals surface area (Å²) in [6.07, 6.45) is 5.03. The fourth-order valence-electron chi connectivity index (χ4n) is 2.54. The Kier molecular flexibility index (Phi) is 17.8. The van der Waals surface area contributed by atoms with Crippen LogP contribution in [-0.2, 0) is 4.74 Å². The highest BCUT2D eigenvalue weighted by molar-refractivity contribution is 14.0. The van der Waals surface area contributed by atoms with Crippen LogP contribution in [0.5, 0.6) is 0 Å². The average molecular weight is 528 g/mol. The van der Waals surface area contributed by atoms with E-state index in [0.717, 1.165) is 51.2 Å². The molecule has 0 rings (SSSR count). The van der Waals surface area contributed by atoms with E-state index < -0.39 is 5.60 Å². The first kappa shape index (κ1) is 30.4. The molecule has 1 unspecified atom stereocenters. The quantitative estimate of drug-likeness (QED) is 0.155. The van der Waals surface area contributed by atoms with Gasteiger partial charge in [-0.1, -0.05) is 19.8 Å². The van der Waals surface area contributed by atoms with Gasteiger partial charge in [-0.15, -0.1) is 24.0 Å². The number of hydrogen-bond acceptors (Lipinski definition) is 4. The Balaban J connectivity index is 0. The highest BCUT2D eigenvalue weighted by Gasteiger charge is 2.18. The van der Waals surface area contributed by atoms with Crippen molar-refractivity contribution in [2.24, 2.45) is 4.99 Å². The van der Waals surface area contributed by atoms with Gasteiger partial charge in [0.2, 0.25) is 0 Å². The zero-order chi connectivity index (χ0) is 21.6. The molecule has 3 N–H and O–H groups in total. The maximum atomic E-state index is 11.9. The molecule has 0 aromatic carbocycles. The molecule has 0 aromatic heterocycles. The van der Waals surface area contributed by atoms with Crippen LogP contribution in [0.4, 0.5) is 4.79 Å². The molecule has 8 heteroatoms. The van der Waals surface area contributed by atoms with Gasteiger partial charge >= 0.3 is 6.09 Å². The summed E-state index contributed by atoms with van der Waals surface area (Å²) in [6.45, 7) is 14.7. The first-order chi connectivity index (χ1) is 13.1. The molecule has 0 saturated carbocycles. The summed E-state index contributed by atoms with van der Waals surface area (Å²) < 4.78 is 5.32. The molecule has 174 valence electrons. The number of nitrogens with zero attached hydrogens (tertiary/aromatic N) is 2. The molecule has 0 bridgehead atoms. The summed E-state index contributed by atoms with van der Waals surface area (Å²) in [6, 6.07) is 0.699. The van der Waals surface area contributed by atoms with Gasteiger partial charge in [0.1, 0.15) is 5.60 Å². The lowest BCUT2D eigenvalue weighted by molar-refractivity contribution is 0.0523. The van der Waals surface area contributed by atoms with Crippen molar-refractivity contribution in [1.29, 1.82) is 0 Å². The van der Waals surface area contributed by atoms with Crippen LogP contribution >= 0.6 is 24.0 Å². The SMILES string of the molecule is CCCCC(CNC(=O)OC(C)(C)C)NC(=NC)NCCCCN(C)C(C)C.I. The van der Waals surface area contributed by atoms with Crippen molar-refractivity contribution in [2.45, 2.75) is 91.3 Å². The predicted octanol–water partition coefficient (Wildman–Crippen LogP) is 3.97. The zero-order valence-electron chi connectivity index (χ0n) is 19.9. The second-order valence-corrected chi connectivity index (χ2v) is 8.65. The molecule has 0 fully saturated rings. The van der Waals surface area contributed by atoms with E-state index in [-0.39, 0.29) is 36.1 Å². The number of aliphatic imine (C=N–C) groups is 1. The van der Waals surface area contributed by atoms with Gasteiger partial charge in [0.25, 0.3) is 0 Å². The number of halogens is 1. The van der Waals surface area contributed by atoms with Gasteiger partial charge in [0.15, 0.2) is 5.96 Å². The molecule has 0 radical (unpaired) electrons. The summed E-state index contributed by atoms with van der Waals surface area (Å²) in [4.78, 5) is 18.6. The van der Waals surface area contributed by atoms with Gasteiger partial charge in [-0.2, -0.15) is 0 Å². The Morgan fingerprint density at radius 2 is 1.79 bits per heavy atom. The van der Waals surface area contributed by atoms with Crippen LogP contribution in [0, 0.1) is 0 Å².